The second-order valence-electron chi connectivity index (χ2n) is 9.15. The van der Waals surface area contributed by atoms with Crippen LogP contribution in [0.4, 0.5) is 8.78 Å². The van der Waals surface area contributed by atoms with Crippen molar-refractivity contribution in [1.82, 2.24) is 9.88 Å². The van der Waals surface area contributed by atoms with Crippen LogP contribution in [0.25, 0.3) is 10.9 Å². The lowest BCUT2D eigenvalue weighted by atomic mass is 9.74. The SMILES string of the molecule is COc1ccc2ncc(Cl)c(CCCC3(C(=O)O)CCN(CCOc4cccc(F)c4F)CC3)c2c1.Cl.Cl. The number of carboxylic acids is 1. The Labute approximate surface area is 238 Å². The second kappa shape index (κ2) is 14.1. The second-order valence-corrected chi connectivity index (χ2v) is 9.56. The number of aryl methyl sites for hydroxylation is 1. The number of benzene rings is 2. The van der Waals surface area contributed by atoms with Gasteiger partial charge in [0.2, 0.25) is 5.82 Å². The smallest absolute Gasteiger partial charge is 0.309 e. The first kappa shape index (κ1) is 31.8. The summed E-state index contributed by atoms with van der Waals surface area (Å²) in [6.45, 7) is 1.89. The molecule has 2 heterocycles. The van der Waals surface area contributed by atoms with Crippen LogP contribution in [-0.2, 0) is 11.2 Å². The van der Waals surface area contributed by atoms with Gasteiger partial charge in [-0.2, -0.15) is 4.39 Å². The van der Waals surface area contributed by atoms with E-state index in [9.17, 15) is 18.7 Å². The van der Waals surface area contributed by atoms with Crippen LogP contribution in [0.1, 0.15) is 31.2 Å². The lowest BCUT2D eigenvalue weighted by Crippen LogP contribution is -2.45. The number of carbonyl (C=O) groups is 1. The fourth-order valence-electron chi connectivity index (χ4n) is 4.84. The van der Waals surface area contributed by atoms with Crippen LogP contribution in [0.2, 0.25) is 5.02 Å². The minimum Gasteiger partial charge on any atom is -0.497 e. The third kappa shape index (κ3) is 7.17. The van der Waals surface area contributed by atoms with E-state index in [1.54, 1.807) is 13.3 Å². The molecule has 0 bridgehead atoms. The molecule has 0 saturated carbocycles. The molecule has 208 valence electrons. The van der Waals surface area contributed by atoms with E-state index in [1.165, 1.54) is 12.1 Å². The van der Waals surface area contributed by atoms with Crippen molar-refractivity contribution >= 4 is 53.3 Å². The van der Waals surface area contributed by atoms with E-state index in [1.807, 2.05) is 18.2 Å². The Bertz CT molecular complexity index is 1240. The van der Waals surface area contributed by atoms with Gasteiger partial charge in [-0.15, -0.1) is 24.8 Å². The Balaban J connectivity index is 0.00000253. The van der Waals surface area contributed by atoms with E-state index in [0.29, 0.717) is 62.5 Å². The van der Waals surface area contributed by atoms with Crippen molar-refractivity contribution in [2.24, 2.45) is 5.41 Å². The number of likely N-dealkylation sites (tertiary alicyclic amines) is 1. The number of methoxy groups -OCH3 is 1. The van der Waals surface area contributed by atoms with Crippen molar-refractivity contribution in [3.8, 4) is 11.5 Å². The highest BCUT2D eigenvalue weighted by Gasteiger charge is 2.40. The van der Waals surface area contributed by atoms with Crippen molar-refractivity contribution in [3.05, 3.63) is 64.8 Å². The molecule has 6 nitrogen and oxygen atoms in total. The van der Waals surface area contributed by atoms with Crippen molar-refractivity contribution in [2.75, 3.05) is 33.4 Å². The Kier molecular flexibility index (Phi) is 11.8. The molecule has 38 heavy (non-hydrogen) atoms. The Hall–Kier alpha value is -2.39. The van der Waals surface area contributed by atoms with E-state index < -0.39 is 23.0 Å². The number of aromatic nitrogens is 1. The van der Waals surface area contributed by atoms with Gasteiger partial charge in [0.15, 0.2) is 11.6 Å². The molecule has 0 aliphatic carbocycles. The molecule has 2 aromatic carbocycles. The molecule has 0 unspecified atom stereocenters. The average molecular weight is 592 g/mol. The van der Waals surface area contributed by atoms with Crippen LogP contribution in [-0.4, -0.2) is 54.3 Å². The maximum absolute atomic E-state index is 13.8. The molecule has 0 atom stereocenters. The number of nitrogens with zero attached hydrogens (tertiary/aromatic N) is 2. The monoisotopic (exact) mass is 590 g/mol. The zero-order valence-electron chi connectivity index (χ0n) is 20.9. The van der Waals surface area contributed by atoms with E-state index in [2.05, 4.69) is 9.88 Å². The van der Waals surface area contributed by atoms with Crippen molar-refractivity contribution in [3.63, 3.8) is 0 Å². The molecule has 3 aromatic rings. The average Bonchev–Trinajstić information content (AvgIpc) is 2.88. The first-order valence-corrected chi connectivity index (χ1v) is 12.3. The number of ether oxygens (including phenoxy) is 2. The van der Waals surface area contributed by atoms with Crippen molar-refractivity contribution < 1.29 is 28.2 Å². The largest absolute Gasteiger partial charge is 0.497 e. The molecule has 4 rings (SSSR count). The topological polar surface area (TPSA) is 71.9 Å². The number of fused-ring (bicyclic) bond motifs is 1. The molecule has 1 N–H and O–H groups in total. The molecule has 1 aliphatic rings. The van der Waals surface area contributed by atoms with Gasteiger partial charge in [-0.1, -0.05) is 17.7 Å². The number of hydrogen-bond donors (Lipinski definition) is 1. The van der Waals surface area contributed by atoms with E-state index in [0.717, 1.165) is 22.5 Å². The minimum absolute atomic E-state index is 0. The molecule has 0 amide bonds. The van der Waals surface area contributed by atoms with E-state index in [-0.39, 0.29) is 37.2 Å². The van der Waals surface area contributed by atoms with Gasteiger partial charge in [0.05, 0.1) is 23.1 Å². The number of pyridine rings is 1. The predicted octanol–water partition coefficient (Wildman–Crippen LogP) is 6.59. The van der Waals surface area contributed by atoms with Crippen LogP contribution >= 0.6 is 36.4 Å². The van der Waals surface area contributed by atoms with Crippen LogP contribution < -0.4 is 9.47 Å². The summed E-state index contributed by atoms with van der Waals surface area (Å²) < 4.78 is 37.8. The summed E-state index contributed by atoms with van der Waals surface area (Å²) in [5, 5.41) is 11.5. The lowest BCUT2D eigenvalue weighted by Gasteiger charge is -2.39. The summed E-state index contributed by atoms with van der Waals surface area (Å²) in [6, 6.07) is 9.47. The van der Waals surface area contributed by atoms with E-state index >= 15 is 0 Å². The molecule has 0 radical (unpaired) electrons. The Morgan fingerprint density at radius 1 is 1.18 bits per heavy atom. The van der Waals surface area contributed by atoms with Crippen LogP contribution in [0, 0.1) is 17.0 Å². The molecule has 1 fully saturated rings. The van der Waals surface area contributed by atoms with Crippen LogP contribution in [0.5, 0.6) is 11.5 Å². The van der Waals surface area contributed by atoms with Gasteiger partial charge in [0, 0.05) is 18.1 Å². The lowest BCUT2D eigenvalue weighted by molar-refractivity contribution is -0.152. The molecular formula is C27H31Cl3F2N2O4. The highest BCUT2D eigenvalue weighted by atomic mass is 35.5. The summed E-state index contributed by atoms with van der Waals surface area (Å²) in [4.78, 5) is 18.8. The first-order chi connectivity index (χ1) is 17.3. The fourth-order valence-corrected chi connectivity index (χ4v) is 5.09. The quantitative estimate of drug-likeness (QED) is 0.287. The van der Waals surface area contributed by atoms with Crippen molar-refractivity contribution in [1.29, 1.82) is 0 Å². The highest BCUT2D eigenvalue weighted by Crippen LogP contribution is 2.38. The standard InChI is InChI=1S/C27H29ClF2N2O4.2ClH/c1-35-18-7-8-23-20(16-18)19(21(28)17-31-23)4-3-9-27(26(33)34)10-12-32(13-11-27)14-15-36-24-6-2-5-22(29)25(24)30;;/h2,5-8,16-17H,3-4,9-15H2,1H3,(H,33,34);2*1H. The predicted molar refractivity (Wildman–Crippen MR) is 148 cm³/mol. The van der Waals surface area contributed by atoms with Crippen molar-refractivity contribution in [2.45, 2.75) is 32.1 Å². The third-order valence-corrected chi connectivity index (χ3v) is 7.39. The van der Waals surface area contributed by atoms with E-state index in [4.69, 9.17) is 21.1 Å². The number of hydrogen-bond acceptors (Lipinski definition) is 5. The zero-order valence-corrected chi connectivity index (χ0v) is 23.3. The summed E-state index contributed by atoms with van der Waals surface area (Å²) >= 11 is 6.47. The van der Waals surface area contributed by atoms with Gasteiger partial charge in [-0.25, -0.2) is 4.39 Å². The van der Waals surface area contributed by atoms with Gasteiger partial charge in [0.25, 0.3) is 0 Å². The maximum atomic E-state index is 13.8. The minimum atomic E-state index is -0.999. The zero-order chi connectivity index (χ0) is 25.7. The van der Waals surface area contributed by atoms with Crippen LogP contribution in [0.15, 0.2) is 42.6 Å². The molecule has 1 saturated heterocycles. The summed E-state index contributed by atoms with van der Waals surface area (Å²) in [5.74, 6) is -2.14. The first-order valence-electron chi connectivity index (χ1n) is 12.0. The van der Waals surface area contributed by atoms with Gasteiger partial charge in [0.1, 0.15) is 12.4 Å². The van der Waals surface area contributed by atoms with Gasteiger partial charge in [-0.3, -0.25) is 14.7 Å². The van der Waals surface area contributed by atoms with Gasteiger partial charge >= 0.3 is 5.97 Å². The molecule has 1 aliphatic heterocycles. The molecule has 1 aromatic heterocycles. The highest BCUT2D eigenvalue weighted by molar-refractivity contribution is 6.32. The number of aliphatic carboxylic acids is 1. The number of rotatable bonds is 10. The third-order valence-electron chi connectivity index (χ3n) is 7.06. The maximum Gasteiger partial charge on any atom is 0.309 e. The number of halogens is 5. The molecular weight excluding hydrogens is 561 g/mol. The summed E-state index contributed by atoms with van der Waals surface area (Å²) in [7, 11) is 1.60. The normalized spacial score (nSPS) is 14.8. The van der Waals surface area contributed by atoms with Gasteiger partial charge < -0.3 is 14.6 Å². The Morgan fingerprint density at radius 2 is 1.92 bits per heavy atom. The Morgan fingerprint density at radius 3 is 2.61 bits per heavy atom. The fraction of sp³-hybridized carbons (Fsp3) is 0.407. The molecule has 0 spiro atoms. The molecule has 11 heteroatoms. The summed E-state index contributed by atoms with van der Waals surface area (Å²) in [5.41, 5.74) is 0.955. The summed E-state index contributed by atoms with van der Waals surface area (Å²) in [6.07, 6.45) is 4.49. The van der Waals surface area contributed by atoms with Crippen LogP contribution in [0.3, 0.4) is 0 Å². The van der Waals surface area contributed by atoms with Gasteiger partial charge in [-0.05, 0) is 81.1 Å². The number of carboxylic acid groups (broad SMARTS) is 1. The number of piperidine rings is 1.